The number of aliphatic hydroxyl groups is 1. The van der Waals surface area contributed by atoms with Crippen molar-refractivity contribution in [2.75, 3.05) is 6.54 Å². The van der Waals surface area contributed by atoms with E-state index in [1.54, 1.807) is 6.92 Å². The molecule has 0 aliphatic carbocycles. The summed E-state index contributed by atoms with van der Waals surface area (Å²) in [6, 6.07) is 12.9. The van der Waals surface area contributed by atoms with Gasteiger partial charge in [-0.05, 0) is 69.5 Å². The second kappa shape index (κ2) is 8.19. The van der Waals surface area contributed by atoms with Crippen LogP contribution in [-0.4, -0.2) is 46.2 Å². The number of nitrogens with two attached hydrogens (primary N) is 1. The molecule has 1 fully saturated rings. The Morgan fingerprint density at radius 3 is 2.54 bits per heavy atom. The first-order chi connectivity index (χ1) is 13.2. The van der Waals surface area contributed by atoms with Crippen LogP contribution < -0.4 is 11.1 Å². The van der Waals surface area contributed by atoms with E-state index in [4.69, 9.17) is 5.73 Å². The third kappa shape index (κ3) is 4.37. The highest BCUT2D eigenvalue weighted by Crippen LogP contribution is 2.28. The second-order valence-corrected chi connectivity index (χ2v) is 8.96. The maximum absolute atomic E-state index is 13.2. The molecule has 1 aliphatic rings. The minimum Gasteiger partial charge on any atom is -0.389 e. The molecule has 152 valence electrons. The number of amides is 1. The van der Waals surface area contributed by atoms with Crippen molar-refractivity contribution in [3.8, 4) is 0 Å². The minimum atomic E-state index is -0.866. The van der Waals surface area contributed by atoms with Crippen molar-refractivity contribution in [3.05, 3.63) is 48.0 Å². The highest BCUT2D eigenvalue weighted by Gasteiger charge is 2.38. The maximum Gasteiger partial charge on any atom is 0.237 e. The lowest BCUT2D eigenvalue weighted by Crippen LogP contribution is -2.53. The number of carbonyl (C=O) groups is 1. The van der Waals surface area contributed by atoms with E-state index >= 15 is 0 Å². The Bertz CT molecular complexity index is 828. The van der Waals surface area contributed by atoms with Crippen LogP contribution in [-0.2, 0) is 4.79 Å². The van der Waals surface area contributed by atoms with E-state index in [0.717, 1.165) is 35.7 Å². The van der Waals surface area contributed by atoms with Crippen LogP contribution in [0.2, 0.25) is 0 Å². The molecule has 1 unspecified atom stereocenters. The van der Waals surface area contributed by atoms with E-state index in [1.807, 2.05) is 36.4 Å². The molecular weight excluding hydrogens is 350 g/mol. The van der Waals surface area contributed by atoms with E-state index in [2.05, 4.69) is 37.1 Å². The quantitative estimate of drug-likeness (QED) is 0.742. The highest BCUT2D eigenvalue weighted by molar-refractivity contribution is 5.84. The standard InChI is InChI=1S/C23H33N3O2/c1-15(24)21(27)20(18-12-11-16-8-5-6-9-17(16)14-18)25-22(28)19-10-7-13-26(19)23(2,3)4/h5-6,8-9,11-12,14-15,19-21,27H,7,10,13,24H2,1-4H3,(H,25,28)/t15-,19-,20?,21+/m0/s1. The Balaban J connectivity index is 1.88. The average Bonchev–Trinajstić information content (AvgIpc) is 3.15. The fraction of sp³-hybridized carbons (Fsp3) is 0.522. The lowest BCUT2D eigenvalue weighted by Gasteiger charge is -2.37. The minimum absolute atomic E-state index is 0.0368. The van der Waals surface area contributed by atoms with Gasteiger partial charge in [0.25, 0.3) is 0 Å². The number of fused-ring (bicyclic) bond motifs is 1. The van der Waals surface area contributed by atoms with Gasteiger partial charge in [-0.1, -0.05) is 36.4 Å². The molecule has 0 aromatic heterocycles. The number of hydrogen-bond acceptors (Lipinski definition) is 4. The van der Waals surface area contributed by atoms with E-state index < -0.39 is 18.2 Å². The van der Waals surface area contributed by atoms with Crippen LogP contribution in [0.4, 0.5) is 0 Å². The van der Waals surface area contributed by atoms with Gasteiger partial charge in [0.05, 0.1) is 18.2 Å². The molecule has 2 aromatic carbocycles. The molecule has 5 nitrogen and oxygen atoms in total. The Hall–Kier alpha value is -1.95. The van der Waals surface area contributed by atoms with Crippen LogP contribution in [0.5, 0.6) is 0 Å². The van der Waals surface area contributed by atoms with E-state index in [0.29, 0.717) is 0 Å². The van der Waals surface area contributed by atoms with Crippen LogP contribution in [0, 0.1) is 0 Å². The van der Waals surface area contributed by atoms with Crippen LogP contribution >= 0.6 is 0 Å². The Morgan fingerprint density at radius 1 is 1.21 bits per heavy atom. The molecule has 1 aliphatic heterocycles. The Kier molecular flexibility index (Phi) is 6.08. The second-order valence-electron chi connectivity index (χ2n) is 8.96. The summed E-state index contributed by atoms with van der Waals surface area (Å²) < 4.78 is 0. The third-order valence-corrected chi connectivity index (χ3v) is 5.73. The molecule has 4 N–H and O–H groups in total. The average molecular weight is 384 g/mol. The lowest BCUT2D eigenvalue weighted by molar-refractivity contribution is -0.128. The van der Waals surface area contributed by atoms with Gasteiger partial charge in [-0.15, -0.1) is 0 Å². The van der Waals surface area contributed by atoms with Gasteiger partial charge in [0, 0.05) is 11.6 Å². The van der Waals surface area contributed by atoms with Crippen LogP contribution in [0.25, 0.3) is 10.8 Å². The molecule has 5 heteroatoms. The number of hydrogen-bond donors (Lipinski definition) is 3. The molecule has 1 saturated heterocycles. The zero-order valence-electron chi connectivity index (χ0n) is 17.4. The molecule has 0 bridgehead atoms. The van der Waals surface area contributed by atoms with Crippen molar-refractivity contribution in [1.82, 2.24) is 10.2 Å². The fourth-order valence-corrected chi connectivity index (χ4v) is 4.16. The fourth-order valence-electron chi connectivity index (χ4n) is 4.16. The zero-order chi connectivity index (χ0) is 20.5. The van der Waals surface area contributed by atoms with Crippen molar-refractivity contribution >= 4 is 16.7 Å². The molecule has 0 saturated carbocycles. The summed E-state index contributed by atoms with van der Waals surface area (Å²) in [6.45, 7) is 9.09. The van der Waals surface area contributed by atoms with Gasteiger partial charge >= 0.3 is 0 Å². The van der Waals surface area contributed by atoms with Gasteiger partial charge in [0.1, 0.15) is 0 Å². The molecule has 28 heavy (non-hydrogen) atoms. The Morgan fingerprint density at radius 2 is 1.89 bits per heavy atom. The molecule has 1 heterocycles. The van der Waals surface area contributed by atoms with Crippen LogP contribution in [0.15, 0.2) is 42.5 Å². The van der Waals surface area contributed by atoms with Crippen molar-refractivity contribution < 1.29 is 9.90 Å². The van der Waals surface area contributed by atoms with Crippen LogP contribution in [0.3, 0.4) is 0 Å². The predicted molar refractivity (Wildman–Crippen MR) is 114 cm³/mol. The van der Waals surface area contributed by atoms with Gasteiger partial charge in [-0.2, -0.15) is 0 Å². The van der Waals surface area contributed by atoms with E-state index in [-0.39, 0.29) is 17.5 Å². The SMILES string of the molecule is C[C@H](N)[C@@H](O)C(NC(=O)[C@@H]1CCCN1C(C)(C)C)c1ccc2ccccc2c1. The van der Waals surface area contributed by atoms with Crippen molar-refractivity contribution in [2.24, 2.45) is 5.73 Å². The van der Waals surface area contributed by atoms with E-state index in [1.165, 1.54) is 0 Å². The summed E-state index contributed by atoms with van der Waals surface area (Å²) in [4.78, 5) is 15.4. The molecule has 2 aromatic rings. The highest BCUT2D eigenvalue weighted by atomic mass is 16.3. The summed E-state index contributed by atoms with van der Waals surface area (Å²) >= 11 is 0. The molecule has 0 radical (unpaired) electrons. The summed E-state index contributed by atoms with van der Waals surface area (Å²) in [5, 5.41) is 16.1. The topological polar surface area (TPSA) is 78.6 Å². The predicted octanol–water partition coefficient (Wildman–Crippen LogP) is 2.97. The summed E-state index contributed by atoms with van der Waals surface area (Å²) in [6.07, 6.45) is 0.975. The molecular formula is C23H33N3O2. The molecule has 4 atom stereocenters. The summed E-state index contributed by atoms with van der Waals surface area (Å²) in [5.74, 6) is -0.0368. The first-order valence-corrected chi connectivity index (χ1v) is 10.2. The number of nitrogens with one attached hydrogen (secondary N) is 1. The number of rotatable bonds is 5. The zero-order valence-corrected chi connectivity index (χ0v) is 17.4. The van der Waals surface area contributed by atoms with Crippen LogP contribution in [0.1, 0.15) is 52.1 Å². The van der Waals surface area contributed by atoms with Gasteiger partial charge in [-0.3, -0.25) is 9.69 Å². The van der Waals surface area contributed by atoms with Gasteiger partial charge in [0.2, 0.25) is 5.91 Å². The molecule has 1 amide bonds. The monoisotopic (exact) mass is 383 g/mol. The number of benzene rings is 2. The van der Waals surface area contributed by atoms with Gasteiger partial charge < -0.3 is 16.2 Å². The third-order valence-electron chi connectivity index (χ3n) is 5.73. The van der Waals surface area contributed by atoms with Gasteiger partial charge in [0.15, 0.2) is 0 Å². The van der Waals surface area contributed by atoms with E-state index in [9.17, 15) is 9.90 Å². The molecule has 3 rings (SSSR count). The molecule has 0 spiro atoms. The smallest absolute Gasteiger partial charge is 0.237 e. The number of nitrogens with zero attached hydrogens (tertiary/aromatic N) is 1. The largest absolute Gasteiger partial charge is 0.389 e. The number of likely N-dealkylation sites (tertiary alicyclic amines) is 1. The normalized spacial score (nSPS) is 21.4. The first kappa shape index (κ1) is 20.8. The first-order valence-electron chi connectivity index (χ1n) is 10.2. The number of aliphatic hydroxyl groups excluding tert-OH is 1. The van der Waals surface area contributed by atoms with Gasteiger partial charge in [-0.25, -0.2) is 0 Å². The number of carbonyl (C=O) groups excluding carboxylic acids is 1. The van der Waals surface area contributed by atoms with Crippen molar-refractivity contribution in [1.29, 1.82) is 0 Å². The lowest BCUT2D eigenvalue weighted by atomic mass is 9.94. The van der Waals surface area contributed by atoms with Crippen molar-refractivity contribution in [2.45, 2.75) is 70.3 Å². The summed E-state index contributed by atoms with van der Waals surface area (Å²) in [7, 11) is 0. The maximum atomic E-state index is 13.2. The Labute approximate surface area is 167 Å². The summed E-state index contributed by atoms with van der Waals surface area (Å²) in [5.41, 5.74) is 6.80. The van der Waals surface area contributed by atoms with Crippen molar-refractivity contribution in [3.63, 3.8) is 0 Å².